The van der Waals surface area contributed by atoms with Gasteiger partial charge in [0.05, 0.1) is 5.03 Å². The van der Waals surface area contributed by atoms with Crippen LogP contribution >= 0.6 is 11.8 Å². The van der Waals surface area contributed by atoms with Crippen molar-refractivity contribution in [2.75, 3.05) is 6.54 Å². The molecule has 0 aliphatic heterocycles. The Kier molecular flexibility index (Phi) is 5.26. The Bertz CT molecular complexity index is 312. The van der Waals surface area contributed by atoms with Crippen LogP contribution in [0.3, 0.4) is 0 Å². The maximum Gasteiger partial charge on any atom is 0.116 e. The molecular formula is C13H21N3S. The van der Waals surface area contributed by atoms with Crippen molar-refractivity contribution in [2.24, 2.45) is 0 Å². The summed E-state index contributed by atoms with van der Waals surface area (Å²) in [5.74, 6) is 0. The van der Waals surface area contributed by atoms with E-state index in [1.807, 2.05) is 17.8 Å². The Balaban J connectivity index is 1.68. The normalized spacial score (nSPS) is 19.1. The van der Waals surface area contributed by atoms with E-state index >= 15 is 0 Å². The van der Waals surface area contributed by atoms with E-state index in [2.05, 4.69) is 22.2 Å². The fraction of sp³-hybridized carbons (Fsp3) is 0.692. The van der Waals surface area contributed by atoms with Crippen LogP contribution in [0.2, 0.25) is 0 Å². The van der Waals surface area contributed by atoms with E-state index in [4.69, 9.17) is 0 Å². The smallest absolute Gasteiger partial charge is 0.116 e. The van der Waals surface area contributed by atoms with Gasteiger partial charge in [0.15, 0.2) is 0 Å². The van der Waals surface area contributed by atoms with Gasteiger partial charge in [-0.25, -0.2) is 9.97 Å². The highest BCUT2D eigenvalue weighted by molar-refractivity contribution is 7.99. The van der Waals surface area contributed by atoms with Gasteiger partial charge in [-0.1, -0.05) is 26.2 Å². The summed E-state index contributed by atoms with van der Waals surface area (Å²) in [6.07, 6.45) is 10.3. The number of nitrogens with one attached hydrogen (secondary N) is 1. The SMILES string of the molecule is CC(CNC1CCCCC1)Sc1ccncn1. The summed E-state index contributed by atoms with van der Waals surface area (Å²) >= 11 is 1.82. The van der Waals surface area contributed by atoms with Gasteiger partial charge in [0.1, 0.15) is 6.33 Å². The van der Waals surface area contributed by atoms with Crippen molar-refractivity contribution in [3.8, 4) is 0 Å². The molecule has 1 aliphatic carbocycles. The highest BCUT2D eigenvalue weighted by atomic mass is 32.2. The monoisotopic (exact) mass is 251 g/mol. The van der Waals surface area contributed by atoms with E-state index in [1.165, 1.54) is 32.1 Å². The summed E-state index contributed by atoms with van der Waals surface area (Å²) in [5.41, 5.74) is 0. The Morgan fingerprint density at radius 1 is 1.41 bits per heavy atom. The van der Waals surface area contributed by atoms with Gasteiger partial charge in [0.2, 0.25) is 0 Å². The summed E-state index contributed by atoms with van der Waals surface area (Å²) < 4.78 is 0. The van der Waals surface area contributed by atoms with Crippen LogP contribution in [0.15, 0.2) is 23.6 Å². The summed E-state index contributed by atoms with van der Waals surface area (Å²) in [4.78, 5) is 8.17. The van der Waals surface area contributed by atoms with Crippen molar-refractivity contribution < 1.29 is 0 Å². The summed E-state index contributed by atoms with van der Waals surface area (Å²) in [7, 11) is 0. The predicted octanol–water partition coefficient (Wildman–Crippen LogP) is 2.88. The van der Waals surface area contributed by atoms with Gasteiger partial charge in [-0.2, -0.15) is 0 Å². The molecule has 94 valence electrons. The molecule has 1 fully saturated rings. The fourth-order valence-corrected chi connectivity index (χ4v) is 3.07. The molecule has 2 rings (SSSR count). The lowest BCUT2D eigenvalue weighted by Crippen LogP contribution is -2.35. The topological polar surface area (TPSA) is 37.8 Å². The van der Waals surface area contributed by atoms with Crippen molar-refractivity contribution in [2.45, 2.75) is 55.3 Å². The van der Waals surface area contributed by atoms with E-state index < -0.39 is 0 Å². The second kappa shape index (κ2) is 6.97. The van der Waals surface area contributed by atoms with Crippen molar-refractivity contribution in [1.82, 2.24) is 15.3 Å². The minimum atomic E-state index is 0.562. The molecule has 0 spiro atoms. The molecule has 0 radical (unpaired) electrons. The molecule has 4 heteroatoms. The molecule has 0 bridgehead atoms. The van der Waals surface area contributed by atoms with Crippen LogP contribution in [0.25, 0.3) is 0 Å². The molecule has 1 heterocycles. The van der Waals surface area contributed by atoms with Crippen LogP contribution in [0.5, 0.6) is 0 Å². The Hall–Kier alpha value is -0.610. The average Bonchev–Trinajstić information content (AvgIpc) is 2.39. The first-order valence-electron chi connectivity index (χ1n) is 6.50. The van der Waals surface area contributed by atoms with Crippen LogP contribution in [-0.4, -0.2) is 27.8 Å². The second-order valence-electron chi connectivity index (χ2n) is 4.72. The zero-order valence-corrected chi connectivity index (χ0v) is 11.2. The molecule has 1 aromatic heterocycles. The molecule has 1 aliphatic rings. The van der Waals surface area contributed by atoms with Crippen molar-refractivity contribution in [3.63, 3.8) is 0 Å². The molecule has 0 saturated heterocycles. The van der Waals surface area contributed by atoms with Gasteiger partial charge < -0.3 is 5.32 Å². The van der Waals surface area contributed by atoms with E-state index in [0.717, 1.165) is 17.6 Å². The van der Waals surface area contributed by atoms with Crippen LogP contribution in [0.1, 0.15) is 39.0 Å². The number of aromatic nitrogens is 2. The van der Waals surface area contributed by atoms with Crippen LogP contribution < -0.4 is 5.32 Å². The maximum absolute atomic E-state index is 4.24. The second-order valence-corrected chi connectivity index (χ2v) is 6.18. The van der Waals surface area contributed by atoms with E-state index in [0.29, 0.717) is 5.25 Å². The van der Waals surface area contributed by atoms with Gasteiger partial charge in [0, 0.05) is 24.0 Å². The average molecular weight is 251 g/mol. The van der Waals surface area contributed by atoms with Gasteiger partial charge >= 0.3 is 0 Å². The highest BCUT2D eigenvalue weighted by Gasteiger charge is 2.14. The minimum absolute atomic E-state index is 0.562. The minimum Gasteiger partial charge on any atom is -0.313 e. The first-order chi connectivity index (χ1) is 8.34. The van der Waals surface area contributed by atoms with Crippen LogP contribution in [-0.2, 0) is 0 Å². The Morgan fingerprint density at radius 3 is 2.94 bits per heavy atom. The zero-order chi connectivity index (χ0) is 11.9. The van der Waals surface area contributed by atoms with E-state index in [9.17, 15) is 0 Å². The molecule has 0 aromatic carbocycles. The number of nitrogens with zero attached hydrogens (tertiary/aromatic N) is 2. The molecule has 1 aromatic rings. The molecule has 0 amide bonds. The first kappa shape index (κ1) is 12.8. The summed E-state index contributed by atoms with van der Waals surface area (Å²) in [6.45, 7) is 3.32. The fourth-order valence-electron chi connectivity index (χ4n) is 2.24. The largest absolute Gasteiger partial charge is 0.313 e. The van der Waals surface area contributed by atoms with Gasteiger partial charge in [-0.3, -0.25) is 0 Å². The van der Waals surface area contributed by atoms with Crippen molar-refractivity contribution in [1.29, 1.82) is 0 Å². The van der Waals surface area contributed by atoms with Crippen molar-refractivity contribution >= 4 is 11.8 Å². The quantitative estimate of drug-likeness (QED) is 0.645. The number of rotatable bonds is 5. The summed E-state index contributed by atoms with van der Waals surface area (Å²) in [6, 6.07) is 2.72. The third-order valence-corrected chi connectivity index (χ3v) is 4.23. The molecule has 1 N–H and O–H groups in total. The predicted molar refractivity (Wildman–Crippen MR) is 72.2 cm³/mol. The van der Waals surface area contributed by atoms with E-state index in [-0.39, 0.29) is 0 Å². The van der Waals surface area contributed by atoms with Crippen LogP contribution in [0.4, 0.5) is 0 Å². The standard InChI is InChI=1S/C13H21N3S/c1-11(17-13-7-8-14-10-16-13)9-15-12-5-3-2-4-6-12/h7-8,10-12,15H,2-6,9H2,1H3. The molecule has 1 unspecified atom stereocenters. The lowest BCUT2D eigenvalue weighted by molar-refractivity contribution is 0.375. The lowest BCUT2D eigenvalue weighted by Gasteiger charge is -2.24. The van der Waals surface area contributed by atoms with Gasteiger partial charge in [-0.05, 0) is 18.9 Å². The highest BCUT2D eigenvalue weighted by Crippen LogP contribution is 2.21. The number of hydrogen-bond donors (Lipinski definition) is 1. The molecule has 1 atom stereocenters. The first-order valence-corrected chi connectivity index (χ1v) is 7.38. The van der Waals surface area contributed by atoms with Crippen LogP contribution in [0, 0.1) is 0 Å². The Labute approximate surface area is 108 Å². The maximum atomic E-state index is 4.24. The summed E-state index contributed by atoms with van der Waals surface area (Å²) in [5, 5.41) is 5.31. The molecular weight excluding hydrogens is 230 g/mol. The third-order valence-electron chi connectivity index (χ3n) is 3.18. The molecule has 1 saturated carbocycles. The Morgan fingerprint density at radius 2 is 2.24 bits per heavy atom. The van der Waals surface area contributed by atoms with Crippen molar-refractivity contribution in [3.05, 3.63) is 18.6 Å². The third kappa shape index (κ3) is 4.64. The molecule has 17 heavy (non-hydrogen) atoms. The zero-order valence-electron chi connectivity index (χ0n) is 10.4. The lowest BCUT2D eigenvalue weighted by atomic mass is 9.95. The molecule has 3 nitrogen and oxygen atoms in total. The number of thioether (sulfide) groups is 1. The van der Waals surface area contributed by atoms with E-state index in [1.54, 1.807) is 12.5 Å². The number of hydrogen-bond acceptors (Lipinski definition) is 4. The van der Waals surface area contributed by atoms with Gasteiger partial charge in [-0.15, -0.1) is 11.8 Å². The van der Waals surface area contributed by atoms with Gasteiger partial charge in [0.25, 0.3) is 0 Å².